The van der Waals surface area contributed by atoms with Gasteiger partial charge in [-0.15, -0.1) is 11.3 Å². The first-order valence-electron chi connectivity index (χ1n) is 5.63. The van der Waals surface area contributed by atoms with Crippen LogP contribution in [0.4, 0.5) is 0 Å². The van der Waals surface area contributed by atoms with Gasteiger partial charge in [-0.25, -0.2) is 5.43 Å². The van der Waals surface area contributed by atoms with E-state index in [0.717, 1.165) is 10.6 Å². The maximum Gasteiger partial charge on any atom is 0.245 e. The van der Waals surface area contributed by atoms with Crippen molar-refractivity contribution in [2.24, 2.45) is 12.1 Å². The minimum absolute atomic E-state index is 0.109. The van der Waals surface area contributed by atoms with Gasteiger partial charge in [0.15, 0.2) is 0 Å². The molecule has 2 rings (SSSR count). The van der Waals surface area contributed by atoms with E-state index >= 15 is 0 Å². The molecule has 5 heteroatoms. The number of hydrogen-bond acceptors (Lipinski definition) is 3. The van der Waals surface area contributed by atoms with Gasteiger partial charge in [-0.05, 0) is 36.1 Å². The molecule has 0 unspecified atom stereocenters. The molecule has 2 aromatic heterocycles. The molecule has 0 saturated heterocycles. The molecule has 0 aliphatic heterocycles. The number of rotatable bonds is 4. The summed E-state index contributed by atoms with van der Waals surface area (Å²) in [6.45, 7) is 2.02. The van der Waals surface area contributed by atoms with Gasteiger partial charge in [-0.1, -0.05) is 0 Å². The predicted octanol–water partition coefficient (Wildman–Crippen LogP) is 2.09. The summed E-state index contributed by atoms with van der Waals surface area (Å²) in [5.41, 5.74) is 4.67. The number of hydrazone groups is 1. The molecule has 0 spiro atoms. The van der Waals surface area contributed by atoms with Crippen LogP contribution in [0.3, 0.4) is 0 Å². The number of carbonyl (C=O) groups is 1. The Balaban J connectivity index is 1.87. The molecule has 4 nitrogen and oxygen atoms in total. The van der Waals surface area contributed by atoms with Crippen LogP contribution in [0.25, 0.3) is 0 Å². The van der Waals surface area contributed by atoms with Gasteiger partial charge >= 0.3 is 0 Å². The van der Waals surface area contributed by atoms with Gasteiger partial charge in [0.1, 0.15) is 0 Å². The van der Waals surface area contributed by atoms with Crippen molar-refractivity contribution in [1.29, 1.82) is 0 Å². The molecule has 0 radical (unpaired) electrons. The minimum atomic E-state index is -0.109. The van der Waals surface area contributed by atoms with Crippen molar-refractivity contribution in [2.45, 2.75) is 13.3 Å². The number of thiophene rings is 1. The van der Waals surface area contributed by atoms with Crippen molar-refractivity contribution in [2.75, 3.05) is 0 Å². The van der Waals surface area contributed by atoms with E-state index in [0.29, 0.717) is 6.42 Å². The average Bonchev–Trinajstić information content (AvgIpc) is 2.90. The fourth-order valence-electron chi connectivity index (χ4n) is 1.56. The maximum absolute atomic E-state index is 11.6. The Morgan fingerprint density at radius 3 is 3.00 bits per heavy atom. The normalized spacial score (nSPS) is 11.0. The van der Waals surface area contributed by atoms with Crippen LogP contribution in [-0.2, 0) is 18.3 Å². The molecule has 94 valence electrons. The molecule has 0 aromatic carbocycles. The molecule has 0 atom stereocenters. The van der Waals surface area contributed by atoms with Crippen LogP contribution in [0.2, 0.25) is 0 Å². The number of amides is 1. The van der Waals surface area contributed by atoms with Crippen molar-refractivity contribution in [1.82, 2.24) is 9.99 Å². The highest BCUT2D eigenvalue weighted by Crippen LogP contribution is 2.12. The third kappa shape index (κ3) is 3.07. The zero-order valence-electron chi connectivity index (χ0n) is 10.4. The van der Waals surface area contributed by atoms with Crippen LogP contribution in [0.5, 0.6) is 0 Å². The van der Waals surface area contributed by atoms with E-state index in [1.807, 2.05) is 48.3 Å². The number of nitrogens with zero attached hydrogens (tertiary/aromatic N) is 2. The lowest BCUT2D eigenvalue weighted by Gasteiger charge is -2.01. The largest absolute Gasteiger partial charge is 0.354 e. The summed E-state index contributed by atoms with van der Waals surface area (Å²) < 4.78 is 1.92. The fraction of sp³-hybridized carbons (Fsp3) is 0.231. The van der Waals surface area contributed by atoms with E-state index in [1.165, 1.54) is 5.56 Å². The lowest BCUT2D eigenvalue weighted by molar-refractivity contribution is -0.120. The highest BCUT2D eigenvalue weighted by Gasteiger charge is 2.04. The van der Waals surface area contributed by atoms with Gasteiger partial charge in [0.25, 0.3) is 0 Å². The van der Waals surface area contributed by atoms with Gasteiger partial charge in [-0.3, -0.25) is 4.79 Å². The number of hydrogen-bond donors (Lipinski definition) is 1. The summed E-state index contributed by atoms with van der Waals surface area (Å²) in [5.74, 6) is -0.109. The zero-order chi connectivity index (χ0) is 13.0. The average molecular weight is 261 g/mol. The number of nitrogens with one attached hydrogen (secondary N) is 1. The van der Waals surface area contributed by atoms with Crippen LogP contribution in [0, 0.1) is 6.92 Å². The molecule has 0 bridgehead atoms. The predicted molar refractivity (Wildman–Crippen MR) is 73.9 cm³/mol. The molecule has 0 aliphatic rings. The second-order valence-corrected chi connectivity index (χ2v) is 5.00. The Kier molecular flexibility index (Phi) is 3.94. The van der Waals surface area contributed by atoms with E-state index < -0.39 is 0 Å². The van der Waals surface area contributed by atoms with Gasteiger partial charge in [-0.2, -0.15) is 5.10 Å². The second-order valence-electron chi connectivity index (χ2n) is 4.05. The summed E-state index contributed by atoms with van der Waals surface area (Å²) in [4.78, 5) is 12.7. The molecule has 18 heavy (non-hydrogen) atoms. The Hall–Kier alpha value is -1.88. The molecule has 1 amide bonds. The smallest absolute Gasteiger partial charge is 0.245 e. The SMILES string of the molecule is Cc1ccsc1/C=N/NC(=O)Cc1cccn1C. The van der Waals surface area contributed by atoms with E-state index in [2.05, 4.69) is 10.5 Å². The van der Waals surface area contributed by atoms with E-state index in [4.69, 9.17) is 0 Å². The molecule has 2 heterocycles. The number of carbonyl (C=O) groups excluding carboxylic acids is 1. The third-order valence-electron chi connectivity index (χ3n) is 2.67. The van der Waals surface area contributed by atoms with E-state index in [-0.39, 0.29) is 5.91 Å². The molecule has 0 fully saturated rings. The van der Waals surface area contributed by atoms with Gasteiger partial charge in [0.2, 0.25) is 5.91 Å². The first-order chi connectivity index (χ1) is 8.66. The highest BCUT2D eigenvalue weighted by molar-refractivity contribution is 7.11. The summed E-state index contributed by atoms with van der Waals surface area (Å²) in [7, 11) is 1.92. The lowest BCUT2D eigenvalue weighted by atomic mass is 10.3. The Labute approximate surface area is 110 Å². The number of aromatic nitrogens is 1. The standard InChI is InChI=1S/C13H15N3OS/c1-10-5-7-18-12(10)9-14-15-13(17)8-11-4-3-6-16(11)2/h3-7,9H,8H2,1-2H3,(H,15,17)/b14-9+. The number of aryl methyl sites for hydroxylation is 2. The van der Waals surface area contributed by atoms with Gasteiger partial charge < -0.3 is 4.57 Å². The van der Waals surface area contributed by atoms with Crippen LogP contribution in [0.15, 0.2) is 34.9 Å². The van der Waals surface area contributed by atoms with Crippen molar-refractivity contribution in [3.63, 3.8) is 0 Å². The van der Waals surface area contributed by atoms with Crippen molar-refractivity contribution in [3.8, 4) is 0 Å². The first-order valence-corrected chi connectivity index (χ1v) is 6.51. The molecular weight excluding hydrogens is 246 g/mol. The Bertz CT molecular complexity index is 568. The van der Waals surface area contributed by atoms with Crippen molar-refractivity contribution in [3.05, 3.63) is 45.9 Å². The molecule has 1 N–H and O–H groups in total. The highest BCUT2D eigenvalue weighted by atomic mass is 32.1. The van der Waals surface area contributed by atoms with Crippen LogP contribution < -0.4 is 5.43 Å². The quantitative estimate of drug-likeness (QED) is 0.665. The van der Waals surface area contributed by atoms with Crippen LogP contribution in [-0.4, -0.2) is 16.7 Å². The molecular formula is C13H15N3OS. The lowest BCUT2D eigenvalue weighted by Crippen LogP contribution is -2.20. The van der Waals surface area contributed by atoms with Crippen LogP contribution >= 0.6 is 11.3 Å². The van der Waals surface area contributed by atoms with Gasteiger partial charge in [0, 0.05) is 23.8 Å². The zero-order valence-corrected chi connectivity index (χ0v) is 11.2. The van der Waals surface area contributed by atoms with E-state index in [9.17, 15) is 4.79 Å². The summed E-state index contributed by atoms with van der Waals surface area (Å²) in [5, 5.41) is 5.96. The third-order valence-corrected chi connectivity index (χ3v) is 3.62. The molecule has 2 aromatic rings. The monoisotopic (exact) mass is 261 g/mol. The minimum Gasteiger partial charge on any atom is -0.354 e. The molecule has 0 aliphatic carbocycles. The van der Waals surface area contributed by atoms with Crippen molar-refractivity contribution < 1.29 is 4.79 Å². The Morgan fingerprint density at radius 1 is 1.56 bits per heavy atom. The summed E-state index contributed by atoms with van der Waals surface area (Å²) >= 11 is 1.60. The van der Waals surface area contributed by atoms with Gasteiger partial charge in [0.05, 0.1) is 12.6 Å². The Morgan fingerprint density at radius 2 is 2.39 bits per heavy atom. The maximum atomic E-state index is 11.6. The second kappa shape index (κ2) is 5.64. The summed E-state index contributed by atoms with van der Waals surface area (Å²) in [6.07, 6.45) is 3.94. The first kappa shape index (κ1) is 12.6. The fourth-order valence-corrected chi connectivity index (χ4v) is 2.35. The van der Waals surface area contributed by atoms with Crippen molar-refractivity contribution >= 4 is 23.5 Å². The van der Waals surface area contributed by atoms with Crippen LogP contribution in [0.1, 0.15) is 16.1 Å². The topological polar surface area (TPSA) is 46.4 Å². The summed E-state index contributed by atoms with van der Waals surface area (Å²) in [6, 6.07) is 5.87. The molecule has 0 saturated carbocycles. The van der Waals surface area contributed by atoms with E-state index in [1.54, 1.807) is 17.6 Å².